The molecule has 0 unspecified atom stereocenters. The average Bonchev–Trinajstić information content (AvgIpc) is 2.27. The third-order valence-corrected chi connectivity index (χ3v) is 3.20. The van der Waals surface area contributed by atoms with Gasteiger partial charge < -0.3 is 10.2 Å². The lowest BCUT2D eigenvalue weighted by Gasteiger charge is -2.33. The largest absolute Gasteiger partial charge is 0.391 e. The third kappa shape index (κ3) is 4.84. The first-order chi connectivity index (χ1) is 8.30. The molecule has 0 saturated carbocycles. The van der Waals surface area contributed by atoms with Crippen molar-refractivity contribution < 1.29 is 18.0 Å². The van der Waals surface area contributed by atoms with E-state index in [1.165, 1.54) is 0 Å². The summed E-state index contributed by atoms with van der Waals surface area (Å²) in [7, 11) is 0. The van der Waals surface area contributed by atoms with Gasteiger partial charge in [-0.25, -0.2) is 0 Å². The zero-order valence-electron chi connectivity index (χ0n) is 10.9. The summed E-state index contributed by atoms with van der Waals surface area (Å²) < 4.78 is 37.3. The number of likely N-dealkylation sites (tertiary alicyclic amines) is 1. The molecule has 0 radical (unpaired) electrons. The highest BCUT2D eigenvalue weighted by atomic mass is 19.4. The van der Waals surface area contributed by atoms with Gasteiger partial charge in [0.2, 0.25) is 5.91 Å². The molecule has 106 valence electrons. The quantitative estimate of drug-likeness (QED) is 0.846. The Kier molecular flexibility index (Phi) is 5.44. The molecule has 0 aromatic rings. The van der Waals surface area contributed by atoms with Crippen molar-refractivity contribution in [2.75, 3.05) is 19.6 Å². The Morgan fingerprint density at radius 2 is 1.89 bits per heavy atom. The summed E-state index contributed by atoms with van der Waals surface area (Å²) in [6.07, 6.45) is -3.69. The van der Waals surface area contributed by atoms with E-state index in [9.17, 15) is 18.0 Å². The summed E-state index contributed by atoms with van der Waals surface area (Å²) in [6, 6.07) is 0.314. The number of carbonyl (C=O) groups excluding carboxylic acids is 1. The molecule has 1 N–H and O–H groups in total. The van der Waals surface area contributed by atoms with Gasteiger partial charge >= 0.3 is 6.18 Å². The van der Waals surface area contributed by atoms with Crippen molar-refractivity contribution in [3.63, 3.8) is 0 Å². The summed E-state index contributed by atoms with van der Waals surface area (Å²) in [6.45, 7) is 5.00. The zero-order valence-corrected chi connectivity index (χ0v) is 10.9. The fraction of sp³-hybridized carbons (Fsp3) is 0.917. The molecule has 0 aliphatic carbocycles. The number of hydrogen-bond donors (Lipinski definition) is 1. The maximum absolute atomic E-state index is 12.4. The first-order valence-electron chi connectivity index (χ1n) is 6.38. The van der Waals surface area contributed by atoms with Crippen molar-refractivity contribution in [3.05, 3.63) is 0 Å². The fourth-order valence-electron chi connectivity index (χ4n) is 2.08. The van der Waals surface area contributed by atoms with Gasteiger partial charge in [0.1, 0.15) is 0 Å². The van der Waals surface area contributed by atoms with Crippen molar-refractivity contribution in [1.82, 2.24) is 10.2 Å². The molecule has 1 aliphatic heterocycles. The summed E-state index contributed by atoms with van der Waals surface area (Å²) in [4.78, 5) is 13.3. The topological polar surface area (TPSA) is 32.3 Å². The van der Waals surface area contributed by atoms with Gasteiger partial charge in [-0.3, -0.25) is 4.79 Å². The SMILES string of the molecule is CC(C)NCCC(=O)N1CCC(C(F)(F)F)CC1. The summed E-state index contributed by atoms with van der Waals surface area (Å²) >= 11 is 0. The van der Waals surface area contributed by atoms with Gasteiger partial charge in [0.25, 0.3) is 0 Å². The number of amides is 1. The van der Waals surface area contributed by atoms with Crippen LogP contribution in [0, 0.1) is 5.92 Å². The third-order valence-electron chi connectivity index (χ3n) is 3.20. The Hall–Kier alpha value is -0.780. The standard InChI is InChI=1S/C12H21F3N2O/c1-9(2)16-6-3-11(18)17-7-4-10(5-8-17)12(13,14)15/h9-10,16H,3-8H2,1-2H3. The molecule has 1 heterocycles. The molecule has 0 bridgehead atoms. The second-order valence-corrected chi connectivity index (χ2v) is 5.06. The lowest BCUT2D eigenvalue weighted by molar-refractivity contribution is -0.186. The van der Waals surface area contributed by atoms with Crippen LogP contribution in [-0.2, 0) is 4.79 Å². The minimum atomic E-state index is -4.12. The molecular formula is C12H21F3N2O. The zero-order chi connectivity index (χ0) is 13.8. The molecule has 6 heteroatoms. The number of nitrogens with zero attached hydrogens (tertiary/aromatic N) is 1. The van der Waals surface area contributed by atoms with Crippen LogP contribution in [0.4, 0.5) is 13.2 Å². The number of alkyl halides is 3. The molecule has 1 saturated heterocycles. The van der Waals surface area contributed by atoms with E-state index in [4.69, 9.17) is 0 Å². The minimum absolute atomic E-state index is 0.0346. The predicted octanol–water partition coefficient (Wildman–Crippen LogP) is 2.18. The number of halogens is 3. The van der Waals surface area contributed by atoms with Crippen LogP contribution in [0.1, 0.15) is 33.1 Å². The van der Waals surface area contributed by atoms with Crippen LogP contribution in [0.3, 0.4) is 0 Å². The van der Waals surface area contributed by atoms with E-state index in [2.05, 4.69) is 5.32 Å². The van der Waals surface area contributed by atoms with Gasteiger partial charge in [-0.15, -0.1) is 0 Å². The first-order valence-corrected chi connectivity index (χ1v) is 6.38. The second-order valence-electron chi connectivity index (χ2n) is 5.06. The molecule has 1 fully saturated rings. The van der Waals surface area contributed by atoms with Crippen LogP contribution in [0.25, 0.3) is 0 Å². The number of nitrogens with one attached hydrogen (secondary N) is 1. The first kappa shape index (κ1) is 15.3. The van der Waals surface area contributed by atoms with Crippen LogP contribution in [-0.4, -0.2) is 42.7 Å². The number of piperidine rings is 1. The Morgan fingerprint density at radius 1 is 1.33 bits per heavy atom. The van der Waals surface area contributed by atoms with Gasteiger partial charge in [-0.2, -0.15) is 13.2 Å². The maximum Gasteiger partial charge on any atom is 0.391 e. The molecule has 0 aromatic heterocycles. The van der Waals surface area contributed by atoms with Crippen LogP contribution in [0.5, 0.6) is 0 Å². The Labute approximate surface area is 106 Å². The van der Waals surface area contributed by atoms with E-state index in [1.807, 2.05) is 13.8 Å². The average molecular weight is 266 g/mol. The lowest BCUT2D eigenvalue weighted by atomic mass is 9.96. The number of carbonyl (C=O) groups is 1. The van der Waals surface area contributed by atoms with Gasteiger partial charge in [0.05, 0.1) is 5.92 Å². The van der Waals surface area contributed by atoms with Crippen molar-refractivity contribution in [1.29, 1.82) is 0 Å². The molecular weight excluding hydrogens is 245 g/mol. The van der Waals surface area contributed by atoms with E-state index >= 15 is 0 Å². The van der Waals surface area contributed by atoms with Gasteiger partial charge in [-0.05, 0) is 12.8 Å². The van der Waals surface area contributed by atoms with E-state index in [0.717, 1.165) is 0 Å². The predicted molar refractivity (Wildman–Crippen MR) is 63.1 cm³/mol. The molecule has 1 amide bonds. The van der Waals surface area contributed by atoms with Crippen LogP contribution in [0.2, 0.25) is 0 Å². The molecule has 1 rings (SSSR count). The normalized spacial score (nSPS) is 18.4. The Bertz CT molecular complexity index is 271. The van der Waals surface area contributed by atoms with Crippen molar-refractivity contribution in [2.45, 2.75) is 45.3 Å². The van der Waals surface area contributed by atoms with Gasteiger partial charge in [-0.1, -0.05) is 13.8 Å². The van der Waals surface area contributed by atoms with Gasteiger partial charge in [0, 0.05) is 32.1 Å². The van der Waals surface area contributed by atoms with E-state index in [1.54, 1.807) is 4.90 Å². The summed E-state index contributed by atoms with van der Waals surface area (Å²) in [5.41, 5.74) is 0. The van der Waals surface area contributed by atoms with Crippen LogP contribution in [0.15, 0.2) is 0 Å². The highest BCUT2D eigenvalue weighted by Gasteiger charge is 2.41. The monoisotopic (exact) mass is 266 g/mol. The van der Waals surface area contributed by atoms with Crippen molar-refractivity contribution >= 4 is 5.91 Å². The second kappa shape index (κ2) is 6.41. The number of hydrogen-bond acceptors (Lipinski definition) is 2. The number of rotatable bonds is 4. The van der Waals surface area contributed by atoms with Crippen molar-refractivity contribution in [3.8, 4) is 0 Å². The van der Waals surface area contributed by atoms with E-state index < -0.39 is 12.1 Å². The molecule has 0 spiro atoms. The molecule has 1 aliphatic rings. The Morgan fingerprint density at radius 3 is 2.33 bits per heavy atom. The summed E-state index contributed by atoms with van der Waals surface area (Å²) in [5, 5.41) is 3.12. The maximum atomic E-state index is 12.4. The van der Waals surface area contributed by atoms with Crippen LogP contribution < -0.4 is 5.32 Å². The molecule has 0 atom stereocenters. The minimum Gasteiger partial charge on any atom is -0.343 e. The fourth-order valence-corrected chi connectivity index (χ4v) is 2.08. The summed E-state index contributed by atoms with van der Waals surface area (Å²) in [5.74, 6) is -1.29. The highest BCUT2D eigenvalue weighted by molar-refractivity contribution is 5.76. The molecule has 0 aromatic carbocycles. The van der Waals surface area contributed by atoms with E-state index in [-0.39, 0.29) is 31.8 Å². The van der Waals surface area contributed by atoms with Crippen molar-refractivity contribution in [2.24, 2.45) is 5.92 Å². The highest BCUT2D eigenvalue weighted by Crippen LogP contribution is 2.34. The van der Waals surface area contributed by atoms with E-state index in [0.29, 0.717) is 19.0 Å². The van der Waals surface area contributed by atoms with Crippen LogP contribution >= 0.6 is 0 Å². The van der Waals surface area contributed by atoms with Gasteiger partial charge in [0.15, 0.2) is 0 Å². The molecule has 18 heavy (non-hydrogen) atoms. The Balaban J connectivity index is 2.28. The lowest BCUT2D eigenvalue weighted by Crippen LogP contribution is -2.43. The smallest absolute Gasteiger partial charge is 0.343 e. The molecule has 3 nitrogen and oxygen atoms in total.